The summed E-state index contributed by atoms with van der Waals surface area (Å²) in [6, 6.07) is 12.2. The lowest BCUT2D eigenvalue weighted by Crippen LogP contribution is -2.38. The first-order chi connectivity index (χ1) is 16.6. The zero-order valence-corrected chi connectivity index (χ0v) is 18.6. The highest BCUT2D eigenvalue weighted by Gasteiger charge is 2.37. The first kappa shape index (κ1) is 24.0. The van der Waals surface area contributed by atoms with Crippen molar-refractivity contribution in [1.29, 1.82) is 0 Å². The van der Waals surface area contributed by atoms with Gasteiger partial charge in [0.1, 0.15) is 0 Å². The molecule has 2 amide bonds. The predicted molar refractivity (Wildman–Crippen MR) is 123 cm³/mol. The molecule has 0 aliphatic carbocycles. The first-order valence-electron chi connectivity index (χ1n) is 10.9. The molecule has 0 saturated carbocycles. The summed E-state index contributed by atoms with van der Waals surface area (Å²) in [6.45, 7) is 0.632. The van der Waals surface area contributed by atoms with Gasteiger partial charge in [0, 0.05) is 36.6 Å². The summed E-state index contributed by atoms with van der Waals surface area (Å²) >= 11 is 0. The van der Waals surface area contributed by atoms with Crippen LogP contribution >= 0.6 is 0 Å². The summed E-state index contributed by atoms with van der Waals surface area (Å²) < 4.78 is 43.1. The number of hydrogen-bond donors (Lipinski definition) is 2. The number of halogens is 3. The summed E-state index contributed by atoms with van der Waals surface area (Å²) in [7, 11) is 0. The number of carbonyl (C=O) groups excluding carboxylic acids is 2. The normalized spacial score (nSPS) is 14.5. The highest BCUT2D eigenvalue weighted by Crippen LogP contribution is 2.39. The van der Waals surface area contributed by atoms with Crippen LogP contribution in [0.25, 0.3) is 5.69 Å². The fourth-order valence-electron chi connectivity index (χ4n) is 4.23. The van der Waals surface area contributed by atoms with E-state index in [9.17, 15) is 22.8 Å². The monoisotopic (exact) mass is 484 g/mol. The van der Waals surface area contributed by atoms with E-state index in [4.69, 9.17) is 11.5 Å². The van der Waals surface area contributed by atoms with Gasteiger partial charge >= 0.3 is 6.18 Å². The van der Waals surface area contributed by atoms with Crippen molar-refractivity contribution in [2.45, 2.75) is 24.9 Å². The summed E-state index contributed by atoms with van der Waals surface area (Å²) in [4.78, 5) is 29.9. The van der Waals surface area contributed by atoms with E-state index < -0.39 is 29.5 Å². The average molecular weight is 484 g/mol. The zero-order valence-electron chi connectivity index (χ0n) is 18.6. The van der Waals surface area contributed by atoms with Crippen molar-refractivity contribution in [3.05, 3.63) is 83.2 Å². The van der Waals surface area contributed by atoms with Crippen LogP contribution in [0, 0.1) is 0 Å². The summed E-state index contributed by atoms with van der Waals surface area (Å²) in [6.07, 6.45) is -0.488. The Kier molecular flexibility index (Phi) is 6.59. The number of guanidine groups is 1. The second-order valence-corrected chi connectivity index (χ2v) is 8.21. The SMILES string of the molecule is NC(N)=NC(=O)c1ccc(C2CCN(C(=O)c3ccc(-n4cccn4)cc3)CC2)c(C(F)(F)F)c1. The molecule has 35 heavy (non-hydrogen) atoms. The van der Waals surface area contributed by atoms with E-state index in [1.165, 1.54) is 12.1 Å². The molecule has 1 fully saturated rings. The van der Waals surface area contributed by atoms with E-state index in [2.05, 4.69) is 10.1 Å². The minimum absolute atomic E-state index is 0.0921. The molecular formula is C24H23F3N6O2. The van der Waals surface area contributed by atoms with Crippen LogP contribution in [0.1, 0.15) is 50.6 Å². The van der Waals surface area contributed by atoms with Gasteiger partial charge in [0.05, 0.1) is 11.3 Å². The van der Waals surface area contributed by atoms with Crippen molar-refractivity contribution in [3.63, 3.8) is 0 Å². The molecule has 0 radical (unpaired) electrons. The number of carbonyl (C=O) groups is 2. The number of nitrogens with zero attached hydrogens (tertiary/aromatic N) is 4. The topological polar surface area (TPSA) is 120 Å². The number of hydrogen-bond acceptors (Lipinski definition) is 3. The predicted octanol–water partition coefficient (Wildman–Crippen LogP) is 3.32. The zero-order chi connectivity index (χ0) is 25.2. The number of alkyl halides is 3. The molecule has 1 aliphatic rings. The maximum atomic E-state index is 13.8. The molecular weight excluding hydrogens is 461 g/mol. The van der Waals surface area contributed by atoms with Crippen LogP contribution < -0.4 is 11.5 Å². The number of benzene rings is 2. The summed E-state index contributed by atoms with van der Waals surface area (Å²) in [5.74, 6) is -2.06. The molecule has 8 nitrogen and oxygen atoms in total. The van der Waals surface area contributed by atoms with Gasteiger partial charge in [0.25, 0.3) is 11.8 Å². The number of likely N-dealkylation sites (tertiary alicyclic amines) is 1. The smallest absolute Gasteiger partial charge is 0.370 e. The van der Waals surface area contributed by atoms with Crippen LogP contribution in [-0.4, -0.2) is 45.5 Å². The third-order valence-electron chi connectivity index (χ3n) is 5.94. The number of amides is 2. The van der Waals surface area contributed by atoms with Gasteiger partial charge < -0.3 is 16.4 Å². The number of aromatic nitrogens is 2. The first-order valence-corrected chi connectivity index (χ1v) is 10.9. The lowest BCUT2D eigenvalue weighted by atomic mass is 9.85. The fourth-order valence-corrected chi connectivity index (χ4v) is 4.23. The van der Waals surface area contributed by atoms with E-state index in [-0.39, 0.29) is 17.0 Å². The Morgan fingerprint density at radius 3 is 2.23 bits per heavy atom. The largest absolute Gasteiger partial charge is 0.416 e. The number of aliphatic imine (C=N–C) groups is 1. The molecule has 4 N–H and O–H groups in total. The van der Waals surface area contributed by atoms with Crippen molar-refractivity contribution in [3.8, 4) is 5.69 Å². The molecule has 1 aromatic heterocycles. The minimum Gasteiger partial charge on any atom is -0.370 e. The van der Waals surface area contributed by atoms with Gasteiger partial charge in [-0.1, -0.05) is 6.07 Å². The number of piperidine rings is 1. The Labute approximate surface area is 199 Å². The molecule has 2 heterocycles. The molecule has 1 aliphatic heterocycles. The summed E-state index contributed by atoms with van der Waals surface area (Å²) in [5.41, 5.74) is 10.6. The Morgan fingerprint density at radius 2 is 1.66 bits per heavy atom. The molecule has 0 atom stereocenters. The van der Waals surface area contributed by atoms with Crippen molar-refractivity contribution in [2.24, 2.45) is 16.5 Å². The van der Waals surface area contributed by atoms with E-state index in [0.29, 0.717) is 31.5 Å². The van der Waals surface area contributed by atoms with Gasteiger partial charge in [0.15, 0.2) is 5.96 Å². The highest BCUT2D eigenvalue weighted by atomic mass is 19.4. The maximum Gasteiger partial charge on any atom is 0.416 e. The third kappa shape index (κ3) is 5.34. The van der Waals surface area contributed by atoms with E-state index in [1.54, 1.807) is 52.3 Å². The molecule has 2 aromatic carbocycles. The maximum absolute atomic E-state index is 13.8. The molecule has 3 aromatic rings. The van der Waals surface area contributed by atoms with Crippen molar-refractivity contribution in [1.82, 2.24) is 14.7 Å². The molecule has 0 unspecified atom stereocenters. The van der Waals surface area contributed by atoms with Crippen LogP contribution in [0.15, 0.2) is 65.9 Å². The Hall–Kier alpha value is -4.15. The van der Waals surface area contributed by atoms with Crippen LogP contribution in [0.4, 0.5) is 13.2 Å². The van der Waals surface area contributed by atoms with Crippen molar-refractivity contribution >= 4 is 17.8 Å². The number of rotatable bonds is 4. The highest BCUT2D eigenvalue weighted by molar-refractivity contribution is 6.02. The molecule has 1 saturated heterocycles. The molecule has 182 valence electrons. The van der Waals surface area contributed by atoms with Crippen molar-refractivity contribution in [2.75, 3.05) is 13.1 Å². The molecule has 0 bridgehead atoms. The molecule has 0 spiro atoms. The fraction of sp³-hybridized carbons (Fsp3) is 0.250. The Bertz CT molecular complexity index is 1240. The quantitative estimate of drug-likeness (QED) is 0.435. The third-order valence-corrected chi connectivity index (χ3v) is 5.94. The van der Waals surface area contributed by atoms with Crippen LogP contribution in [0.2, 0.25) is 0 Å². The second-order valence-electron chi connectivity index (χ2n) is 8.21. The van der Waals surface area contributed by atoms with Crippen LogP contribution in [0.3, 0.4) is 0 Å². The Balaban J connectivity index is 1.47. The summed E-state index contributed by atoms with van der Waals surface area (Å²) in [5, 5.41) is 4.14. The van der Waals surface area contributed by atoms with E-state index >= 15 is 0 Å². The van der Waals surface area contributed by atoms with E-state index in [0.717, 1.165) is 11.8 Å². The Morgan fingerprint density at radius 1 is 1.00 bits per heavy atom. The van der Waals surface area contributed by atoms with Crippen LogP contribution in [-0.2, 0) is 6.18 Å². The van der Waals surface area contributed by atoms with Gasteiger partial charge in [-0.25, -0.2) is 4.68 Å². The van der Waals surface area contributed by atoms with Crippen molar-refractivity contribution < 1.29 is 22.8 Å². The standard InChI is InChI=1S/C24H23F3N6O2/c25-24(26,27)20-14-17(21(34)31-23(28)29)4-7-19(20)15-8-12-32(13-9-15)22(35)16-2-5-18(6-3-16)33-11-1-10-30-33/h1-7,10-11,14-15H,8-9,12-13H2,(H4,28,29,31,34). The van der Waals surface area contributed by atoms with E-state index in [1.807, 2.05) is 0 Å². The van der Waals surface area contributed by atoms with Gasteiger partial charge in [-0.15, -0.1) is 0 Å². The van der Waals surface area contributed by atoms with Crippen LogP contribution in [0.5, 0.6) is 0 Å². The molecule has 4 rings (SSSR count). The lowest BCUT2D eigenvalue weighted by molar-refractivity contribution is -0.138. The van der Waals surface area contributed by atoms with Gasteiger partial charge in [-0.05, 0) is 66.8 Å². The lowest BCUT2D eigenvalue weighted by Gasteiger charge is -2.33. The van der Waals surface area contributed by atoms with Gasteiger partial charge in [0.2, 0.25) is 0 Å². The van der Waals surface area contributed by atoms with Gasteiger partial charge in [-0.3, -0.25) is 9.59 Å². The molecule has 11 heteroatoms. The number of nitrogens with two attached hydrogens (primary N) is 2. The minimum atomic E-state index is -4.66. The average Bonchev–Trinajstić information content (AvgIpc) is 3.37. The van der Waals surface area contributed by atoms with Gasteiger partial charge in [-0.2, -0.15) is 23.3 Å². The second kappa shape index (κ2) is 9.61.